The van der Waals surface area contributed by atoms with Crippen LogP contribution in [0.15, 0.2) is 73.9 Å². The fraction of sp³-hybridized carbons (Fsp3) is 0.588. The van der Waals surface area contributed by atoms with Crippen LogP contribution in [0.3, 0.4) is 0 Å². The molecule has 4 heteroatoms. The fourth-order valence-corrected chi connectivity index (χ4v) is 6.35. The van der Waals surface area contributed by atoms with Gasteiger partial charge >= 0.3 is 11.9 Å². The van der Waals surface area contributed by atoms with Gasteiger partial charge in [0.15, 0.2) is 0 Å². The minimum Gasteiger partial charge on any atom is -0.461 e. The zero-order valence-corrected chi connectivity index (χ0v) is 24.4. The Hall–Kier alpha value is -2.62. The Morgan fingerprint density at radius 2 is 1.08 bits per heavy atom. The molecule has 6 atom stereocenters. The maximum absolute atomic E-state index is 12.3. The van der Waals surface area contributed by atoms with Crippen molar-refractivity contribution in [1.29, 1.82) is 0 Å². The second-order valence-electron chi connectivity index (χ2n) is 12.3. The quantitative estimate of drug-likeness (QED) is 0.180. The third kappa shape index (κ3) is 7.94. The van der Waals surface area contributed by atoms with E-state index in [-0.39, 0.29) is 48.7 Å². The van der Waals surface area contributed by atoms with Crippen LogP contribution in [0.1, 0.15) is 79.1 Å². The summed E-state index contributed by atoms with van der Waals surface area (Å²) in [6.45, 7) is 33.8. The van der Waals surface area contributed by atoms with E-state index < -0.39 is 11.9 Å². The van der Waals surface area contributed by atoms with Gasteiger partial charge in [-0.25, -0.2) is 0 Å². The Balaban J connectivity index is 1.72. The van der Waals surface area contributed by atoms with Crippen LogP contribution < -0.4 is 0 Å². The first-order chi connectivity index (χ1) is 17.8. The number of allylic oxidation sites excluding steroid dienone is 4. The van der Waals surface area contributed by atoms with Crippen molar-refractivity contribution < 1.29 is 19.1 Å². The summed E-state index contributed by atoms with van der Waals surface area (Å²) in [5.41, 5.74) is 4.22. The monoisotopic (exact) mass is 522 g/mol. The Labute approximate surface area is 231 Å². The van der Waals surface area contributed by atoms with Crippen molar-refractivity contribution in [3.05, 3.63) is 73.9 Å². The highest BCUT2D eigenvalue weighted by atomic mass is 16.5. The molecule has 0 aromatic rings. The zero-order valence-electron chi connectivity index (χ0n) is 24.4. The molecule has 0 bridgehead atoms. The van der Waals surface area contributed by atoms with Gasteiger partial charge in [0.25, 0.3) is 0 Å². The number of carbonyl (C=O) groups excluding carboxylic acids is 2. The van der Waals surface area contributed by atoms with Gasteiger partial charge < -0.3 is 9.47 Å². The zero-order chi connectivity index (χ0) is 28.7. The normalized spacial score (nSPS) is 30.9. The summed E-state index contributed by atoms with van der Waals surface area (Å²) in [6, 6.07) is 0. The minimum absolute atomic E-state index is 0.00890. The molecular formula is C34H50O4. The van der Waals surface area contributed by atoms with E-state index in [1.54, 1.807) is 0 Å². The molecule has 0 unspecified atom stereocenters. The van der Waals surface area contributed by atoms with Crippen molar-refractivity contribution in [3.63, 3.8) is 0 Å². The van der Waals surface area contributed by atoms with E-state index in [1.165, 1.54) is 0 Å². The largest absolute Gasteiger partial charge is 0.461 e. The number of rotatable bonds is 13. The van der Waals surface area contributed by atoms with Crippen LogP contribution >= 0.6 is 0 Å². The van der Waals surface area contributed by atoms with Gasteiger partial charge in [-0.05, 0) is 98.0 Å². The molecule has 2 saturated carbocycles. The van der Waals surface area contributed by atoms with Crippen molar-refractivity contribution in [2.75, 3.05) is 13.2 Å². The lowest BCUT2D eigenvalue weighted by atomic mass is 9.61. The highest BCUT2D eigenvalue weighted by Crippen LogP contribution is 2.49. The molecule has 2 fully saturated rings. The average molecular weight is 523 g/mol. The summed E-state index contributed by atoms with van der Waals surface area (Å²) in [7, 11) is 0. The van der Waals surface area contributed by atoms with Crippen molar-refractivity contribution in [1.82, 2.24) is 0 Å². The first-order valence-electron chi connectivity index (χ1n) is 14.0. The lowest BCUT2D eigenvalue weighted by Crippen LogP contribution is -2.34. The van der Waals surface area contributed by atoms with Gasteiger partial charge in [-0.15, -0.1) is 13.2 Å². The van der Waals surface area contributed by atoms with Gasteiger partial charge in [-0.1, -0.05) is 63.5 Å². The summed E-state index contributed by atoms with van der Waals surface area (Å²) in [4.78, 5) is 24.6. The summed E-state index contributed by atoms with van der Waals surface area (Å²) >= 11 is 0. The van der Waals surface area contributed by atoms with E-state index in [1.807, 2.05) is 12.2 Å². The van der Waals surface area contributed by atoms with Crippen LogP contribution in [0.4, 0.5) is 0 Å². The van der Waals surface area contributed by atoms with Gasteiger partial charge in [0.1, 0.15) is 13.2 Å². The number of esters is 2. The summed E-state index contributed by atoms with van der Waals surface area (Å²) in [5, 5.41) is 0. The van der Waals surface area contributed by atoms with E-state index >= 15 is 0 Å². The molecular weight excluding hydrogens is 472 g/mol. The molecule has 0 aromatic heterocycles. The van der Waals surface area contributed by atoms with Gasteiger partial charge in [0.05, 0.1) is 12.8 Å². The molecule has 2 aliphatic rings. The molecule has 2 aliphatic carbocycles. The first kappa shape index (κ1) is 31.6. The second kappa shape index (κ2) is 13.4. The van der Waals surface area contributed by atoms with Crippen LogP contribution in [0.25, 0.3) is 0 Å². The van der Waals surface area contributed by atoms with E-state index in [2.05, 4.69) is 67.2 Å². The number of carbonyl (C=O) groups is 2. The highest BCUT2D eigenvalue weighted by Gasteiger charge is 2.40. The number of hydrogen-bond donors (Lipinski definition) is 0. The van der Waals surface area contributed by atoms with E-state index in [4.69, 9.17) is 9.47 Å². The number of ether oxygens (including phenoxy) is 2. The molecule has 0 saturated heterocycles. The van der Waals surface area contributed by atoms with Gasteiger partial charge in [-0.3, -0.25) is 9.59 Å². The molecule has 210 valence electrons. The fourth-order valence-electron chi connectivity index (χ4n) is 6.35. The standard InChI is InChI=1S/C34H50O4/c1-11-33(9)17-15-27(19-29(33)23(3)4)25(7)21-37-31(35)13-14-32(36)38-22-26(8)28-16-18-34(10,12-2)30(20-28)24(5)6/h11-12,27-30H,1-3,5,7-8,13-22H2,4,6,9-10H3/t27-,28-,29+,30+,33-,34-/m1/s1. The lowest BCUT2D eigenvalue weighted by Gasteiger charge is -2.43. The lowest BCUT2D eigenvalue weighted by molar-refractivity contribution is -0.149. The van der Waals surface area contributed by atoms with Crippen LogP contribution in [0.2, 0.25) is 0 Å². The van der Waals surface area contributed by atoms with Crippen molar-refractivity contribution >= 4 is 11.9 Å². The topological polar surface area (TPSA) is 52.6 Å². The average Bonchev–Trinajstić information content (AvgIpc) is 2.89. The summed E-state index contributed by atoms with van der Waals surface area (Å²) in [6.07, 6.45) is 9.93. The van der Waals surface area contributed by atoms with E-state index in [0.717, 1.165) is 60.8 Å². The second-order valence-corrected chi connectivity index (χ2v) is 12.3. The van der Waals surface area contributed by atoms with Gasteiger partial charge in [-0.2, -0.15) is 0 Å². The van der Waals surface area contributed by atoms with Crippen LogP contribution in [0, 0.1) is 34.5 Å². The predicted octanol–water partition coefficient (Wildman–Crippen LogP) is 8.33. The molecule has 0 heterocycles. The van der Waals surface area contributed by atoms with Gasteiger partial charge in [0.2, 0.25) is 0 Å². The van der Waals surface area contributed by atoms with Crippen molar-refractivity contribution in [2.45, 2.75) is 79.1 Å². The maximum atomic E-state index is 12.3. The molecule has 0 spiro atoms. The third-order valence-electron chi connectivity index (χ3n) is 9.34. The summed E-state index contributed by atoms with van der Waals surface area (Å²) < 4.78 is 10.9. The van der Waals surface area contributed by atoms with Crippen LogP contribution in [-0.2, 0) is 19.1 Å². The molecule has 0 N–H and O–H groups in total. The Bertz CT molecular complexity index is 893. The Kier molecular flexibility index (Phi) is 11.2. The Morgan fingerprint density at radius 1 is 0.737 bits per heavy atom. The highest BCUT2D eigenvalue weighted by molar-refractivity contribution is 5.77. The maximum Gasteiger partial charge on any atom is 0.306 e. The minimum atomic E-state index is -0.412. The third-order valence-corrected chi connectivity index (χ3v) is 9.34. The van der Waals surface area contributed by atoms with E-state index in [9.17, 15) is 9.59 Å². The molecule has 0 radical (unpaired) electrons. The van der Waals surface area contributed by atoms with Crippen LogP contribution in [0.5, 0.6) is 0 Å². The van der Waals surface area contributed by atoms with Crippen molar-refractivity contribution in [2.24, 2.45) is 34.5 Å². The number of hydrogen-bond acceptors (Lipinski definition) is 4. The SMILES string of the molecule is C=C[C@]1(C)CC[C@@H](C(=C)COC(=O)CCC(=O)OCC(=C)[C@@H]2CC[C@@](C)(C=C)[C@H](C(=C)C)C2)C[C@H]1C(=C)C. The molecule has 0 aliphatic heterocycles. The first-order valence-corrected chi connectivity index (χ1v) is 14.0. The Morgan fingerprint density at radius 3 is 1.37 bits per heavy atom. The summed E-state index contributed by atoms with van der Waals surface area (Å²) in [5.74, 6) is 0.407. The van der Waals surface area contributed by atoms with Gasteiger partial charge in [0, 0.05) is 0 Å². The molecule has 2 rings (SSSR count). The van der Waals surface area contributed by atoms with E-state index in [0.29, 0.717) is 11.8 Å². The molecule has 0 amide bonds. The smallest absolute Gasteiger partial charge is 0.306 e. The molecule has 4 nitrogen and oxygen atoms in total. The van der Waals surface area contributed by atoms with Crippen LogP contribution in [-0.4, -0.2) is 25.2 Å². The molecule has 0 aromatic carbocycles. The molecule has 38 heavy (non-hydrogen) atoms. The van der Waals surface area contributed by atoms with Crippen molar-refractivity contribution in [3.8, 4) is 0 Å². The predicted molar refractivity (Wildman–Crippen MR) is 157 cm³/mol.